The highest BCUT2D eigenvalue weighted by Gasteiger charge is 2.45. The Morgan fingerprint density at radius 3 is 2.67 bits per heavy atom. The van der Waals surface area contributed by atoms with Crippen molar-refractivity contribution in [1.82, 2.24) is 4.90 Å². The minimum absolute atomic E-state index is 0.00116. The molecule has 1 heterocycles. The molecule has 0 bridgehead atoms. The van der Waals surface area contributed by atoms with Gasteiger partial charge in [-0.2, -0.15) is 0 Å². The SMILES string of the molecule is O=C(O)C(C1CC1)N1CC(CBr)CC1=O. The lowest BCUT2D eigenvalue weighted by atomic mass is 10.1. The molecule has 2 atom stereocenters. The average molecular weight is 276 g/mol. The number of carbonyl (C=O) groups is 2. The van der Waals surface area contributed by atoms with Crippen molar-refractivity contribution >= 4 is 27.8 Å². The highest BCUT2D eigenvalue weighted by atomic mass is 79.9. The van der Waals surface area contributed by atoms with E-state index in [-0.39, 0.29) is 17.7 Å². The van der Waals surface area contributed by atoms with Crippen molar-refractivity contribution < 1.29 is 14.7 Å². The van der Waals surface area contributed by atoms with E-state index in [1.165, 1.54) is 0 Å². The number of hydrogen-bond donors (Lipinski definition) is 1. The first-order chi connectivity index (χ1) is 7.13. The normalized spacial score (nSPS) is 28.2. The van der Waals surface area contributed by atoms with Crippen LogP contribution in [0.25, 0.3) is 0 Å². The van der Waals surface area contributed by atoms with Gasteiger partial charge in [0, 0.05) is 18.3 Å². The van der Waals surface area contributed by atoms with E-state index in [4.69, 9.17) is 5.11 Å². The molecule has 2 aliphatic rings. The van der Waals surface area contributed by atoms with E-state index in [0.29, 0.717) is 13.0 Å². The molecule has 2 fully saturated rings. The summed E-state index contributed by atoms with van der Waals surface area (Å²) in [6, 6.07) is -0.568. The van der Waals surface area contributed by atoms with Gasteiger partial charge in [0.05, 0.1) is 0 Å². The van der Waals surface area contributed by atoms with Gasteiger partial charge in [-0.15, -0.1) is 0 Å². The van der Waals surface area contributed by atoms with Crippen molar-refractivity contribution in [3.8, 4) is 0 Å². The Bertz CT molecular complexity index is 290. The number of rotatable bonds is 4. The van der Waals surface area contributed by atoms with Crippen molar-refractivity contribution in [3.63, 3.8) is 0 Å². The summed E-state index contributed by atoms with van der Waals surface area (Å²) in [6.07, 6.45) is 2.38. The van der Waals surface area contributed by atoms with Crippen LogP contribution in [0, 0.1) is 11.8 Å². The Hall–Kier alpha value is -0.580. The molecule has 0 radical (unpaired) electrons. The van der Waals surface area contributed by atoms with E-state index in [0.717, 1.165) is 18.2 Å². The Labute approximate surface area is 96.8 Å². The van der Waals surface area contributed by atoms with E-state index in [1.807, 2.05) is 0 Å². The Morgan fingerprint density at radius 2 is 2.27 bits per heavy atom. The maximum atomic E-state index is 11.7. The van der Waals surface area contributed by atoms with Crippen molar-refractivity contribution in [2.45, 2.75) is 25.3 Å². The molecule has 0 aromatic rings. The summed E-state index contributed by atoms with van der Waals surface area (Å²) in [6.45, 7) is 0.595. The predicted molar refractivity (Wildman–Crippen MR) is 57.8 cm³/mol. The van der Waals surface area contributed by atoms with Crippen LogP contribution in [0.3, 0.4) is 0 Å². The largest absolute Gasteiger partial charge is 0.480 e. The third-order valence-electron chi connectivity index (χ3n) is 3.11. The first kappa shape index (κ1) is 10.9. The number of amides is 1. The molecule has 1 aliphatic carbocycles. The molecule has 15 heavy (non-hydrogen) atoms. The Balaban J connectivity index is 2.07. The fourth-order valence-corrected chi connectivity index (χ4v) is 2.62. The molecule has 1 aliphatic heterocycles. The lowest BCUT2D eigenvalue weighted by Crippen LogP contribution is -2.43. The number of carbonyl (C=O) groups excluding carboxylic acids is 1. The van der Waals surface area contributed by atoms with Gasteiger partial charge in [-0.05, 0) is 24.7 Å². The fourth-order valence-electron chi connectivity index (χ4n) is 2.18. The van der Waals surface area contributed by atoms with E-state index in [9.17, 15) is 9.59 Å². The van der Waals surface area contributed by atoms with Crippen molar-refractivity contribution in [3.05, 3.63) is 0 Å². The monoisotopic (exact) mass is 275 g/mol. The first-order valence-electron chi connectivity index (χ1n) is 5.21. The fraction of sp³-hybridized carbons (Fsp3) is 0.800. The lowest BCUT2D eigenvalue weighted by Gasteiger charge is -2.24. The van der Waals surface area contributed by atoms with Gasteiger partial charge in [0.25, 0.3) is 0 Å². The summed E-state index contributed by atoms with van der Waals surface area (Å²) in [4.78, 5) is 24.3. The van der Waals surface area contributed by atoms with Gasteiger partial charge >= 0.3 is 5.97 Å². The minimum Gasteiger partial charge on any atom is -0.480 e. The smallest absolute Gasteiger partial charge is 0.326 e. The maximum absolute atomic E-state index is 11.7. The molecule has 2 unspecified atom stereocenters. The zero-order chi connectivity index (χ0) is 11.0. The van der Waals surface area contributed by atoms with Crippen molar-refractivity contribution in [2.24, 2.45) is 11.8 Å². The number of hydrogen-bond acceptors (Lipinski definition) is 2. The van der Waals surface area contributed by atoms with Crippen LogP contribution in [0.2, 0.25) is 0 Å². The molecule has 0 aromatic carbocycles. The van der Waals surface area contributed by atoms with Crippen LogP contribution >= 0.6 is 15.9 Å². The molecule has 1 amide bonds. The number of carboxylic acid groups (broad SMARTS) is 1. The lowest BCUT2D eigenvalue weighted by molar-refractivity contribution is -0.149. The van der Waals surface area contributed by atoms with Gasteiger partial charge in [-0.25, -0.2) is 4.79 Å². The number of alkyl halides is 1. The molecule has 1 saturated carbocycles. The molecule has 5 heteroatoms. The summed E-state index contributed by atoms with van der Waals surface area (Å²) < 4.78 is 0. The predicted octanol–water partition coefficient (Wildman–Crippen LogP) is 1.09. The van der Waals surface area contributed by atoms with Crippen LogP contribution in [0.5, 0.6) is 0 Å². The van der Waals surface area contributed by atoms with E-state index in [2.05, 4.69) is 15.9 Å². The van der Waals surface area contributed by atoms with Crippen molar-refractivity contribution in [2.75, 3.05) is 11.9 Å². The van der Waals surface area contributed by atoms with Crippen LogP contribution in [0.1, 0.15) is 19.3 Å². The molecule has 2 rings (SSSR count). The zero-order valence-corrected chi connectivity index (χ0v) is 9.94. The maximum Gasteiger partial charge on any atom is 0.326 e. The number of nitrogens with zero attached hydrogens (tertiary/aromatic N) is 1. The third-order valence-corrected chi connectivity index (χ3v) is 4.03. The minimum atomic E-state index is -0.846. The second kappa shape index (κ2) is 4.12. The van der Waals surface area contributed by atoms with Gasteiger partial charge in [0.2, 0.25) is 5.91 Å². The quantitative estimate of drug-likeness (QED) is 0.782. The van der Waals surface area contributed by atoms with E-state index >= 15 is 0 Å². The summed E-state index contributed by atoms with van der Waals surface area (Å²) in [5.74, 6) is -0.376. The number of carboxylic acids is 1. The summed E-state index contributed by atoms with van der Waals surface area (Å²) in [5.41, 5.74) is 0. The topological polar surface area (TPSA) is 57.6 Å². The van der Waals surface area contributed by atoms with Crippen LogP contribution in [0.15, 0.2) is 0 Å². The molecule has 4 nitrogen and oxygen atoms in total. The van der Waals surface area contributed by atoms with Crippen LogP contribution in [0.4, 0.5) is 0 Å². The third kappa shape index (κ3) is 2.17. The number of halogens is 1. The number of aliphatic carboxylic acids is 1. The van der Waals surface area contributed by atoms with Gasteiger partial charge in [0.1, 0.15) is 6.04 Å². The Morgan fingerprint density at radius 1 is 1.60 bits per heavy atom. The molecule has 0 spiro atoms. The molecule has 0 aromatic heterocycles. The standard InChI is InChI=1S/C10H14BrNO3/c11-4-6-3-8(13)12(5-6)9(10(14)15)7-1-2-7/h6-7,9H,1-5H2,(H,14,15). The zero-order valence-electron chi connectivity index (χ0n) is 8.36. The van der Waals surface area contributed by atoms with Crippen LogP contribution in [-0.4, -0.2) is 39.8 Å². The summed E-state index contributed by atoms with van der Waals surface area (Å²) in [5, 5.41) is 9.89. The highest BCUT2D eigenvalue weighted by molar-refractivity contribution is 9.09. The molecule has 84 valence electrons. The molecule has 1 saturated heterocycles. The van der Waals surface area contributed by atoms with Gasteiger partial charge < -0.3 is 10.0 Å². The van der Waals surface area contributed by atoms with Gasteiger partial charge in [0.15, 0.2) is 0 Å². The van der Waals surface area contributed by atoms with E-state index < -0.39 is 12.0 Å². The second-order valence-corrected chi connectivity index (χ2v) is 5.04. The number of likely N-dealkylation sites (tertiary alicyclic amines) is 1. The summed E-state index contributed by atoms with van der Waals surface area (Å²) >= 11 is 3.34. The van der Waals surface area contributed by atoms with Crippen LogP contribution in [-0.2, 0) is 9.59 Å². The molecule has 1 N–H and O–H groups in total. The van der Waals surface area contributed by atoms with Crippen LogP contribution < -0.4 is 0 Å². The average Bonchev–Trinajstić information content (AvgIpc) is 2.92. The summed E-state index contributed by atoms with van der Waals surface area (Å²) in [7, 11) is 0. The highest BCUT2D eigenvalue weighted by Crippen LogP contribution is 2.37. The first-order valence-corrected chi connectivity index (χ1v) is 6.34. The van der Waals surface area contributed by atoms with Crippen molar-refractivity contribution in [1.29, 1.82) is 0 Å². The van der Waals surface area contributed by atoms with E-state index in [1.54, 1.807) is 4.90 Å². The molecular formula is C10H14BrNO3. The van der Waals surface area contributed by atoms with Gasteiger partial charge in [-0.1, -0.05) is 15.9 Å². The second-order valence-electron chi connectivity index (χ2n) is 4.39. The molecular weight excluding hydrogens is 262 g/mol. The Kier molecular flexibility index (Phi) is 3.00. The van der Waals surface area contributed by atoms with Gasteiger partial charge in [-0.3, -0.25) is 4.79 Å².